The topological polar surface area (TPSA) is 37.8 Å². The molecule has 1 aromatic heterocycles. The summed E-state index contributed by atoms with van der Waals surface area (Å²) >= 11 is 0. The second kappa shape index (κ2) is 4.98. The van der Waals surface area contributed by atoms with E-state index < -0.39 is 0 Å². The molecule has 1 aliphatic rings. The van der Waals surface area contributed by atoms with E-state index in [4.69, 9.17) is 4.98 Å². The molecule has 0 amide bonds. The molecule has 1 heterocycles. The highest BCUT2D eigenvalue weighted by Crippen LogP contribution is 2.52. The minimum atomic E-state index is 0.0629. The number of hydrogen-bond donors (Lipinski definition) is 1. The molecule has 1 aliphatic carbocycles. The Morgan fingerprint density at radius 1 is 1.20 bits per heavy atom. The molecule has 3 rings (SSSR count). The Bertz CT molecular complexity index is 603. The van der Waals surface area contributed by atoms with Gasteiger partial charge in [-0.25, -0.2) is 9.97 Å². The van der Waals surface area contributed by atoms with E-state index in [1.54, 1.807) is 0 Å². The van der Waals surface area contributed by atoms with Crippen LogP contribution in [0.25, 0.3) is 0 Å². The Balaban J connectivity index is 1.98. The van der Waals surface area contributed by atoms with E-state index in [1.807, 2.05) is 13.2 Å². The molecule has 1 fully saturated rings. The van der Waals surface area contributed by atoms with Crippen molar-refractivity contribution < 1.29 is 0 Å². The summed E-state index contributed by atoms with van der Waals surface area (Å²) < 4.78 is 0. The molecular formula is C17H21N3. The maximum absolute atomic E-state index is 4.80. The van der Waals surface area contributed by atoms with Gasteiger partial charge in [-0.3, -0.25) is 0 Å². The molecule has 20 heavy (non-hydrogen) atoms. The van der Waals surface area contributed by atoms with Crippen LogP contribution >= 0.6 is 0 Å². The quantitative estimate of drug-likeness (QED) is 0.924. The van der Waals surface area contributed by atoms with Crippen LogP contribution in [0.2, 0.25) is 0 Å². The third-order valence-corrected chi connectivity index (χ3v) is 4.42. The van der Waals surface area contributed by atoms with E-state index in [0.29, 0.717) is 0 Å². The number of nitrogens with zero attached hydrogens (tertiary/aromatic N) is 2. The maximum atomic E-state index is 4.80. The molecule has 1 aromatic carbocycles. The second-order valence-corrected chi connectivity index (χ2v) is 5.69. The average molecular weight is 267 g/mol. The van der Waals surface area contributed by atoms with Crippen LogP contribution in [0.15, 0.2) is 36.5 Å². The monoisotopic (exact) mass is 267 g/mol. The Morgan fingerprint density at radius 3 is 2.45 bits per heavy atom. The molecule has 0 spiro atoms. The van der Waals surface area contributed by atoms with Crippen molar-refractivity contribution in [2.75, 3.05) is 7.05 Å². The summed E-state index contributed by atoms with van der Waals surface area (Å²) in [7, 11) is 1.96. The molecule has 1 atom stereocenters. The van der Waals surface area contributed by atoms with Gasteiger partial charge in [0.15, 0.2) is 0 Å². The Morgan fingerprint density at radius 2 is 1.90 bits per heavy atom. The van der Waals surface area contributed by atoms with Crippen LogP contribution in [0.5, 0.6) is 0 Å². The van der Waals surface area contributed by atoms with Crippen LogP contribution in [0.3, 0.4) is 0 Å². The van der Waals surface area contributed by atoms with Gasteiger partial charge in [-0.15, -0.1) is 0 Å². The lowest BCUT2D eigenvalue weighted by molar-refractivity contribution is 0.632. The highest BCUT2D eigenvalue weighted by atomic mass is 14.9. The van der Waals surface area contributed by atoms with E-state index in [2.05, 4.69) is 54.5 Å². The zero-order chi connectivity index (χ0) is 14.2. The lowest BCUT2D eigenvalue weighted by Gasteiger charge is -2.18. The number of rotatable bonds is 4. The second-order valence-electron chi connectivity index (χ2n) is 5.69. The number of benzene rings is 1. The Labute approximate surface area is 120 Å². The number of nitrogens with one attached hydrogen (secondary N) is 1. The summed E-state index contributed by atoms with van der Waals surface area (Å²) in [5.41, 5.74) is 3.67. The third-order valence-electron chi connectivity index (χ3n) is 4.42. The van der Waals surface area contributed by atoms with Crippen LogP contribution < -0.4 is 5.32 Å². The molecule has 1 saturated carbocycles. The van der Waals surface area contributed by atoms with Crippen LogP contribution in [0, 0.1) is 6.92 Å². The van der Waals surface area contributed by atoms with Crippen molar-refractivity contribution in [1.29, 1.82) is 0 Å². The number of aromatic nitrogens is 2. The van der Waals surface area contributed by atoms with Crippen molar-refractivity contribution in [3.05, 3.63) is 59.2 Å². The molecular weight excluding hydrogens is 246 g/mol. The third kappa shape index (κ3) is 2.12. The first-order valence-electron chi connectivity index (χ1n) is 7.24. The van der Waals surface area contributed by atoms with E-state index in [-0.39, 0.29) is 11.5 Å². The summed E-state index contributed by atoms with van der Waals surface area (Å²) in [5, 5.41) is 3.25. The smallest absolute Gasteiger partial charge is 0.139 e. The fraction of sp³-hybridized carbons (Fsp3) is 0.412. The van der Waals surface area contributed by atoms with Crippen LogP contribution in [-0.4, -0.2) is 17.0 Å². The van der Waals surface area contributed by atoms with E-state index in [1.165, 1.54) is 11.1 Å². The van der Waals surface area contributed by atoms with Crippen molar-refractivity contribution in [3.63, 3.8) is 0 Å². The van der Waals surface area contributed by atoms with Gasteiger partial charge in [0.05, 0.1) is 5.41 Å². The standard InChI is InChI=1S/C17H21N3/c1-12(18-3)15-11-19-16(20-13(15)2)17(9-10-17)14-7-5-4-6-8-14/h4-8,11-12,18H,9-10H2,1-3H3. The van der Waals surface area contributed by atoms with Crippen molar-refractivity contribution in [3.8, 4) is 0 Å². The molecule has 1 unspecified atom stereocenters. The molecule has 0 radical (unpaired) electrons. The molecule has 0 bridgehead atoms. The maximum Gasteiger partial charge on any atom is 0.139 e. The predicted molar refractivity (Wildman–Crippen MR) is 80.7 cm³/mol. The van der Waals surface area contributed by atoms with Crippen LogP contribution in [-0.2, 0) is 5.41 Å². The minimum absolute atomic E-state index is 0.0629. The zero-order valence-corrected chi connectivity index (χ0v) is 12.4. The molecule has 3 heteroatoms. The predicted octanol–water partition coefficient (Wildman–Crippen LogP) is 3.15. The van der Waals surface area contributed by atoms with Gasteiger partial charge in [-0.05, 0) is 39.3 Å². The van der Waals surface area contributed by atoms with Crippen molar-refractivity contribution in [2.24, 2.45) is 0 Å². The fourth-order valence-corrected chi connectivity index (χ4v) is 2.81. The van der Waals surface area contributed by atoms with Crippen molar-refractivity contribution >= 4 is 0 Å². The minimum Gasteiger partial charge on any atom is -0.313 e. The average Bonchev–Trinajstić information content (AvgIpc) is 3.29. The lowest BCUT2D eigenvalue weighted by atomic mass is 9.94. The van der Waals surface area contributed by atoms with Crippen LogP contribution in [0.1, 0.15) is 48.5 Å². The van der Waals surface area contributed by atoms with Crippen molar-refractivity contribution in [2.45, 2.75) is 38.1 Å². The van der Waals surface area contributed by atoms with Gasteiger partial charge in [0.1, 0.15) is 5.82 Å². The summed E-state index contributed by atoms with van der Waals surface area (Å²) in [5.74, 6) is 0.980. The summed E-state index contributed by atoms with van der Waals surface area (Å²) in [6.45, 7) is 4.21. The fourth-order valence-electron chi connectivity index (χ4n) is 2.81. The van der Waals surface area contributed by atoms with Gasteiger partial charge >= 0.3 is 0 Å². The highest BCUT2D eigenvalue weighted by Gasteiger charge is 2.48. The molecule has 3 nitrogen and oxygen atoms in total. The van der Waals surface area contributed by atoms with Gasteiger partial charge in [0.25, 0.3) is 0 Å². The molecule has 0 saturated heterocycles. The molecule has 0 aliphatic heterocycles. The molecule has 104 valence electrons. The first-order valence-corrected chi connectivity index (χ1v) is 7.24. The van der Waals surface area contributed by atoms with E-state index in [0.717, 1.165) is 24.4 Å². The zero-order valence-electron chi connectivity index (χ0n) is 12.4. The Kier molecular flexibility index (Phi) is 3.30. The Hall–Kier alpha value is -1.74. The molecule has 1 N–H and O–H groups in total. The van der Waals surface area contributed by atoms with E-state index in [9.17, 15) is 0 Å². The lowest BCUT2D eigenvalue weighted by Crippen LogP contribution is -2.18. The normalized spacial score (nSPS) is 17.8. The van der Waals surface area contributed by atoms with Gasteiger partial charge in [-0.2, -0.15) is 0 Å². The summed E-state index contributed by atoms with van der Waals surface area (Å²) in [6, 6.07) is 10.9. The highest BCUT2D eigenvalue weighted by molar-refractivity contribution is 5.40. The number of aryl methyl sites for hydroxylation is 1. The number of hydrogen-bond acceptors (Lipinski definition) is 3. The first-order chi connectivity index (χ1) is 9.67. The SMILES string of the molecule is CNC(C)c1cnc(C2(c3ccccc3)CC2)nc1C. The largest absolute Gasteiger partial charge is 0.313 e. The van der Waals surface area contributed by atoms with Gasteiger partial charge in [-0.1, -0.05) is 30.3 Å². The van der Waals surface area contributed by atoms with Gasteiger partial charge < -0.3 is 5.32 Å². The summed E-state index contributed by atoms with van der Waals surface area (Å²) in [6.07, 6.45) is 4.29. The first kappa shape index (κ1) is 13.3. The van der Waals surface area contributed by atoms with Gasteiger partial charge in [0, 0.05) is 23.5 Å². The van der Waals surface area contributed by atoms with Crippen molar-refractivity contribution in [1.82, 2.24) is 15.3 Å². The summed E-state index contributed by atoms with van der Waals surface area (Å²) in [4.78, 5) is 9.47. The van der Waals surface area contributed by atoms with Gasteiger partial charge in [0.2, 0.25) is 0 Å². The van der Waals surface area contributed by atoms with E-state index >= 15 is 0 Å². The molecule has 2 aromatic rings. The van der Waals surface area contributed by atoms with Crippen LogP contribution in [0.4, 0.5) is 0 Å².